The van der Waals surface area contributed by atoms with Crippen LogP contribution in [0.4, 0.5) is 9.59 Å². The molecule has 0 heterocycles. The molecule has 166 valence electrons. The Hall–Kier alpha value is -1.54. The first-order chi connectivity index (χ1) is 13.5. The van der Waals surface area contributed by atoms with Crippen molar-refractivity contribution in [1.82, 2.24) is 0 Å². The highest BCUT2D eigenvalue weighted by molar-refractivity contribution is 5.60. The first kappa shape index (κ1) is 26.5. The number of ether oxygens (including phenoxy) is 4. The maximum absolute atomic E-state index is 11.4. The Bertz CT molecular complexity index is 352. The number of hydrogen-bond acceptors (Lipinski definition) is 8. The Morgan fingerprint density at radius 3 is 1.32 bits per heavy atom. The van der Waals surface area contributed by atoms with Gasteiger partial charge >= 0.3 is 12.3 Å². The Labute approximate surface area is 168 Å². The van der Waals surface area contributed by atoms with Gasteiger partial charge < -0.3 is 29.2 Å². The summed E-state index contributed by atoms with van der Waals surface area (Å²) in [6, 6.07) is 0. The molecule has 8 nitrogen and oxygen atoms in total. The van der Waals surface area contributed by atoms with Crippen molar-refractivity contribution in [2.45, 2.75) is 65.2 Å². The van der Waals surface area contributed by atoms with E-state index in [0.29, 0.717) is 63.9 Å². The van der Waals surface area contributed by atoms with E-state index in [-0.39, 0.29) is 13.2 Å². The van der Waals surface area contributed by atoms with Gasteiger partial charge in [-0.1, -0.05) is 13.8 Å². The number of aliphatic hydroxyl groups is 2. The highest BCUT2D eigenvalue weighted by Gasteiger charge is 2.08. The second-order valence-corrected chi connectivity index (χ2v) is 7.12. The zero-order chi connectivity index (χ0) is 21.0. The number of carbonyl (C=O) groups is 2. The van der Waals surface area contributed by atoms with E-state index in [9.17, 15) is 9.59 Å². The molecule has 0 bridgehead atoms. The topological polar surface area (TPSA) is 112 Å². The van der Waals surface area contributed by atoms with Gasteiger partial charge in [0.1, 0.15) is 0 Å². The van der Waals surface area contributed by atoms with E-state index in [2.05, 4.69) is 0 Å². The lowest BCUT2D eigenvalue weighted by atomic mass is 10.1. The first-order valence-electron chi connectivity index (χ1n) is 10.3. The third kappa shape index (κ3) is 17.9. The van der Waals surface area contributed by atoms with Crippen LogP contribution in [0, 0.1) is 11.8 Å². The van der Waals surface area contributed by atoms with Crippen LogP contribution < -0.4 is 0 Å². The van der Waals surface area contributed by atoms with Crippen molar-refractivity contribution in [1.29, 1.82) is 0 Å². The molecule has 0 fully saturated rings. The van der Waals surface area contributed by atoms with Gasteiger partial charge in [-0.25, -0.2) is 9.59 Å². The maximum atomic E-state index is 11.4. The molecule has 0 aromatic rings. The molecular weight excluding hydrogens is 368 g/mol. The van der Waals surface area contributed by atoms with Crippen LogP contribution in [0.2, 0.25) is 0 Å². The van der Waals surface area contributed by atoms with Crippen LogP contribution >= 0.6 is 0 Å². The summed E-state index contributed by atoms with van der Waals surface area (Å²) in [7, 11) is 0. The molecule has 0 rings (SSSR count). The van der Waals surface area contributed by atoms with E-state index in [4.69, 9.17) is 29.2 Å². The number of hydrogen-bond donors (Lipinski definition) is 2. The van der Waals surface area contributed by atoms with Crippen molar-refractivity contribution < 1.29 is 38.7 Å². The largest absolute Gasteiger partial charge is 0.508 e. The highest BCUT2D eigenvalue weighted by atomic mass is 16.7. The minimum atomic E-state index is -0.657. The average molecular weight is 407 g/mol. The summed E-state index contributed by atoms with van der Waals surface area (Å²) in [6.07, 6.45) is 4.67. The fourth-order valence-corrected chi connectivity index (χ4v) is 2.37. The van der Waals surface area contributed by atoms with E-state index >= 15 is 0 Å². The summed E-state index contributed by atoms with van der Waals surface area (Å²) in [5.41, 5.74) is 0. The van der Waals surface area contributed by atoms with Gasteiger partial charge in [-0.05, 0) is 63.2 Å². The van der Waals surface area contributed by atoms with E-state index in [1.807, 2.05) is 13.8 Å². The van der Waals surface area contributed by atoms with E-state index < -0.39 is 12.3 Å². The maximum Gasteiger partial charge on any atom is 0.508 e. The Kier molecular flexibility index (Phi) is 17.8. The molecule has 0 radical (unpaired) electrons. The number of aliphatic hydroxyl groups excluding tert-OH is 2. The predicted molar refractivity (Wildman–Crippen MR) is 104 cm³/mol. The van der Waals surface area contributed by atoms with Crippen LogP contribution in [-0.4, -0.2) is 62.2 Å². The molecule has 0 saturated carbocycles. The van der Waals surface area contributed by atoms with Gasteiger partial charge in [-0.2, -0.15) is 0 Å². The zero-order valence-electron chi connectivity index (χ0n) is 17.4. The molecule has 2 N–H and O–H groups in total. The van der Waals surface area contributed by atoms with Gasteiger partial charge in [0.2, 0.25) is 0 Å². The fraction of sp³-hybridized carbons (Fsp3) is 0.900. The summed E-state index contributed by atoms with van der Waals surface area (Å²) in [5.74, 6) is 0.624. The van der Waals surface area contributed by atoms with Crippen LogP contribution in [0.1, 0.15) is 65.2 Å². The lowest BCUT2D eigenvalue weighted by Crippen LogP contribution is -2.12. The minimum absolute atomic E-state index is 0.141. The van der Waals surface area contributed by atoms with Crippen molar-refractivity contribution in [2.75, 3.05) is 39.6 Å². The second kappa shape index (κ2) is 18.8. The van der Waals surface area contributed by atoms with Gasteiger partial charge in [0.25, 0.3) is 0 Å². The van der Waals surface area contributed by atoms with Crippen LogP contribution in [0.3, 0.4) is 0 Å². The average Bonchev–Trinajstić information content (AvgIpc) is 2.64. The van der Waals surface area contributed by atoms with Crippen LogP contribution in [-0.2, 0) is 18.9 Å². The van der Waals surface area contributed by atoms with Crippen LogP contribution in [0.15, 0.2) is 0 Å². The summed E-state index contributed by atoms with van der Waals surface area (Å²) in [6.45, 7) is 5.48. The standard InChI is InChI=1S/C20H38O8/c1-17(7-11-21)9-15-27-19(23)25-13-5-3-4-6-14-26-20(24)28-16-10-18(2)8-12-22/h17-18,21-22H,3-16H2,1-2H3. The van der Waals surface area contributed by atoms with Gasteiger partial charge in [0.15, 0.2) is 0 Å². The molecule has 0 saturated heterocycles. The Morgan fingerprint density at radius 1 is 0.607 bits per heavy atom. The molecule has 8 heteroatoms. The molecule has 0 aliphatic rings. The summed E-state index contributed by atoms with van der Waals surface area (Å²) >= 11 is 0. The lowest BCUT2D eigenvalue weighted by Gasteiger charge is -2.10. The SMILES string of the molecule is CC(CCO)CCOC(=O)OCCCCCCOC(=O)OCCC(C)CCO. The Morgan fingerprint density at radius 2 is 0.964 bits per heavy atom. The molecule has 0 spiro atoms. The molecule has 2 unspecified atom stereocenters. The van der Waals surface area contributed by atoms with Crippen molar-refractivity contribution in [2.24, 2.45) is 11.8 Å². The predicted octanol–water partition coefficient (Wildman–Crippen LogP) is 3.67. The number of rotatable bonds is 17. The van der Waals surface area contributed by atoms with E-state index in [0.717, 1.165) is 25.7 Å². The number of carbonyl (C=O) groups excluding carboxylic acids is 2. The normalized spacial score (nSPS) is 12.9. The van der Waals surface area contributed by atoms with E-state index in [1.54, 1.807) is 0 Å². The molecule has 2 atom stereocenters. The fourth-order valence-electron chi connectivity index (χ4n) is 2.37. The minimum Gasteiger partial charge on any atom is -0.434 e. The third-order valence-electron chi connectivity index (χ3n) is 4.38. The lowest BCUT2D eigenvalue weighted by molar-refractivity contribution is 0.0467. The molecule has 0 aromatic heterocycles. The van der Waals surface area contributed by atoms with Crippen molar-refractivity contribution in [3.8, 4) is 0 Å². The van der Waals surface area contributed by atoms with Gasteiger partial charge in [-0.3, -0.25) is 0 Å². The summed E-state index contributed by atoms with van der Waals surface area (Å²) in [4.78, 5) is 22.8. The van der Waals surface area contributed by atoms with Crippen molar-refractivity contribution in [3.63, 3.8) is 0 Å². The summed E-state index contributed by atoms with van der Waals surface area (Å²) in [5, 5.41) is 17.6. The molecular formula is C20H38O8. The molecule has 0 aliphatic carbocycles. The van der Waals surface area contributed by atoms with Crippen molar-refractivity contribution >= 4 is 12.3 Å². The third-order valence-corrected chi connectivity index (χ3v) is 4.38. The number of unbranched alkanes of at least 4 members (excludes halogenated alkanes) is 3. The molecule has 28 heavy (non-hydrogen) atoms. The monoisotopic (exact) mass is 406 g/mol. The molecule has 0 aromatic carbocycles. The van der Waals surface area contributed by atoms with Gasteiger partial charge in [0, 0.05) is 13.2 Å². The zero-order valence-corrected chi connectivity index (χ0v) is 17.4. The first-order valence-corrected chi connectivity index (χ1v) is 10.3. The highest BCUT2D eigenvalue weighted by Crippen LogP contribution is 2.08. The van der Waals surface area contributed by atoms with Gasteiger partial charge in [0.05, 0.1) is 26.4 Å². The second-order valence-electron chi connectivity index (χ2n) is 7.12. The quantitative estimate of drug-likeness (QED) is 0.278. The van der Waals surface area contributed by atoms with Crippen LogP contribution in [0.5, 0.6) is 0 Å². The molecule has 0 aliphatic heterocycles. The van der Waals surface area contributed by atoms with Gasteiger partial charge in [-0.15, -0.1) is 0 Å². The van der Waals surface area contributed by atoms with Crippen LogP contribution in [0.25, 0.3) is 0 Å². The molecule has 0 amide bonds. The smallest absolute Gasteiger partial charge is 0.434 e. The van der Waals surface area contributed by atoms with E-state index in [1.165, 1.54) is 0 Å². The van der Waals surface area contributed by atoms with Crippen molar-refractivity contribution in [3.05, 3.63) is 0 Å². The summed E-state index contributed by atoms with van der Waals surface area (Å²) < 4.78 is 19.9. The Balaban J connectivity index is 3.38.